The van der Waals surface area contributed by atoms with Crippen molar-refractivity contribution in [2.75, 3.05) is 13.2 Å². The fourth-order valence-corrected chi connectivity index (χ4v) is 3.40. The average molecular weight is 485 g/mol. The van der Waals surface area contributed by atoms with E-state index in [1.807, 2.05) is 0 Å². The zero-order valence-electron chi connectivity index (χ0n) is 18.0. The van der Waals surface area contributed by atoms with E-state index in [0.717, 1.165) is 12.1 Å². The third-order valence-corrected chi connectivity index (χ3v) is 4.81. The molecule has 0 radical (unpaired) electrons. The number of carbonyl (C=O) groups excluding carboxylic acids is 2. The standard InChI is InChI=1S/C23H23F3N2O4.ClH/c1-3-31-21(29)20(27-13-15-8-7-9-16(12-15)23(24,25)26)18-14-28(22(30)32-4-2)19-11-6-5-10-17(18)19;/h5-12,14,20,27H,3-4,13H2,1-2H3;1H. The van der Waals surface area contributed by atoms with Gasteiger partial charge in [0.2, 0.25) is 0 Å². The van der Waals surface area contributed by atoms with Crippen LogP contribution in [0.25, 0.3) is 10.9 Å². The Kier molecular flexibility index (Phi) is 8.90. The van der Waals surface area contributed by atoms with Gasteiger partial charge < -0.3 is 9.47 Å². The van der Waals surface area contributed by atoms with Crippen LogP contribution in [0.4, 0.5) is 18.0 Å². The van der Waals surface area contributed by atoms with E-state index in [-0.39, 0.29) is 32.2 Å². The highest BCUT2D eigenvalue weighted by atomic mass is 35.5. The minimum Gasteiger partial charge on any atom is -0.465 e. The molecule has 10 heteroatoms. The Morgan fingerprint density at radius 1 is 1.03 bits per heavy atom. The number of benzene rings is 2. The molecule has 1 atom stereocenters. The number of halogens is 4. The van der Waals surface area contributed by atoms with E-state index in [0.29, 0.717) is 22.0 Å². The molecule has 0 saturated carbocycles. The van der Waals surface area contributed by atoms with Crippen molar-refractivity contribution >= 4 is 35.4 Å². The van der Waals surface area contributed by atoms with Gasteiger partial charge in [-0.25, -0.2) is 9.59 Å². The number of aromatic nitrogens is 1. The molecule has 0 aliphatic carbocycles. The van der Waals surface area contributed by atoms with Crippen LogP contribution in [-0.4, -0.2) is 29.8 Å². The van der Waals surface area contributed by atoms with E-state index < -0.39 is 29.8 Å². The molecule has 6 nitrogen and oxygen atoms in total. The lowest BCUT2D eigenvalue weighted by atomic mass is 10.0. The summed E-state index contributed by atoms with van der Waals surface area (Å²) in [6.07, 6.45) is -3.58. The number of hydrogen-bond donors (Lipinski definition) is 1. The molecule has 0 aliphatic rings. The van der Waals surface area contributed by atoms with Crippen LogP contribution >= 0.6 is 12.4 Å². The summed E-state index contributed by atoms with van der Waals surface area (Å²) in [6, 6.07) is 10.8. The van der Waals surface area contributed by atoms with Crippen molar-refractivity contribution in [3.05, 3.63) is 71.4 Å². The lowest BCUT2D eigenvalue weighted by molar-refractivity contribution is -0.146. The smallest absolute Gasteiger partial charge is 0.418 e. The summed E-state index contributed by atoms with van der Waals surface area (Å²) in [5, 5.41) is 3.61. The highest BCUT2D eigenvalue weighted by Gasteiger charge is 2.31. The molecular formula is C23H24ClF3N2O4. The second-order valence-electron chi connectivity index (χ2n) is 6.93. The van der Waals surface area contributed by atoms with E-state index >= 15 is 0 Å². The van der Waals surface area contributed by atoms with Gasteiger partial charge in [-0.1, -0.05) is 36.4 Å². The summed E-state index contributed by atoms with van der Waals surface area (Å²) in [4.78, 5) is 25.1. The molecule has 0 saturated heterocycles. The number of nitrogens with zero attached hydrogens (tertiary/aromatic N) is 1. The van der Waals surface area contributed by atoms with Crippen LogP contribution in [0.1, 0.15) is 36.6 Å². The lowest BCUT2D eigenvalue weighted by Gasteiger charge is -2.18. The minimum absolute atomic E-state index is 0. The highest BCUT2D eigenvalue weighted by Crippen LogP contribution is 2.31. The maximum Gasteiger partial charge on any atom is 0.418 e. The van der Waals surface area contributed by atoms with Gasteiger partial charge in [-0.05, 0) is 31.5 Å². The van der Waals surface area contributed by atoms with E-state index in [2.05, 4.69) is 5.32 Å². The number of hydrogen-bond acceptors (Lipinski definition) is 5. The van der Waals surface area contributed by atoms with E-state index in [9.17, 15) is 22.8 Å². The van der Waals surface area contributed by atoms with Gasteiger partial charge >= 0.3 is 18.2 Å². The first kappa shape index (κ1) is 26.2. The SMILES string of the molecule is CCOC(=O)C(NCc1cccc(C(F)(F)F)c1)c1cn(C(=O)OCC)c2ccccc12.Cl. The number of para-hydroxylation sites is 1. The molecule has 2 aromatic carbocycles. The number of esters is 1. The molecule has 0 fully saturated rings. The zero-order valence-corrected chi connectivity index (χ0v) is 18.8. The van der Waals surface area contributed by atoms with Gasteiger partial charge in [0, 0.05) is 23.7 Å². The van der Waals surface area contributed by atoms with Crippen LogP contribution in [0.2, 0.25) is 0 Å². The molecule has 3 aromatic rings. The Morgan fingerprint density at radius 2 is 1.73 bits per heavy atom. The summed E-state index contributed by atoms with van der Waals surface area (Å²) < 4.78 is 50.7. The summed E-state index contributed by atoms with van der Waals surface area (Å²) in [5.74, 6) is -0.605. The summed E-state index contributed by atoms with van der Waals surface area (Å²) in [7, 11) is 0. The summed E-state index contributed by atoms with van der Waals surface area (Å²) in [6.45, 7) is 3.62. The molecule has 0 spiro atoms. The van der Waals surface area contributed by atoms with E-state index in [1.165, 1.54) is 22.9 Å². The summed E-state index contributed by atoms with van der Waals surface area (Å²) in [5.41, 5.74) is 0.571. The summed E-state index contributed by atoms with van der Waals surface area (Å²) >= 11 is 0. The van der Waals surface area contributed by atoms with Crippen LogP contribution in [0.5, 0.6) is 0 Å². The van der Waals surface area contributed by atoms with Crippen LogP contribution in [0.3, 0.4) is 0 Å². The average Bonchev–Trinajstić information content (AvgIpc) is 3.14. The largest absolute Gasteiger partial charge is 0.465 e. The lowest BCUT2D eigenvalue weighted by Crippen LogP contribution is -2.30. The molecular weight excluding hydrogens is 461 g/mol. The fraction of sp³-hybridized carbons (Fsp3) is 0.304. The van der Waals surface area contributed by atoms with Crippen molar-refractivity contribution in [3.8, 4) is 0 Å². The molecule has 178 valence electrons. The van der Waals surface area contributed by atoms with Crippen molar-refractivity contribution in [2.45, 2.75) is 32.6 Å². The molecule has 1 heterocycles. The second-order valence-corrected chi connectivity index (χ2v) is 6.93. The number of rotatable bonds is 7. The number of alkyl halides is 3. The molecule has 1 aromatic heterocycles. The van der Waals surface area contributed by atoms with Crippen LogP contribution < -0.4 is 5.32 Å². The number of carbonyl (C=O) groups is 2. The van der Waals surface area contributed by atoms with Crippen molar-refractivity contribution < 1.29 is 32.2 Å². The maximum atomic E-state index is 13.0. The molecule has 3 rings (SSSR count). The molecule has 1 unspecified atom stereocenters. The molecule has 33 heavy (non-hydrogen) atoms. The van der Waals surface area contributed by atoms with Gasteiger partial charge in [0.25, 0.3) is 0 Å². The van der Waals surface area contributed by atoms with Gasteiger partial charge in [0.05, 0.1) is 24.3 Å². The van der Waals surface area contributed by atoms with Gasteiger partial charge in [-0.3, -0.25) is 9.88 Å². The molecule has 0 bridgehead atoms. The minimum atomic E-state index is -4.47. The predicted molar refractivity (Wildman–Crippen MR) is 119 cm³/mol. The first-order valence-electron chi connectivity index (χ1n) is 10.1. The Labute approximate surface area is 195 Å². The Morgan fingerprint density at radius 3 is 2.39 bits per heavy atom. The Bertz CT molecular complexity index is 1110. The Hall–Kier alpha value is -3.04. The van der Waals surface area contributed by atoms with Crippen molar-refractivity contribution in [2.24, 2.45) is 0 Å². The van der Waals surface area contributed by atoms with Crippen molar-refractivity contribution in [1.82, 2.24) is 9.88 Å². The number of fused-ring (bicyclic) bond motifs is 1. The fourth-order valence-electron chi connectivity index (χ4n) is 3.40. The third kappa shape index (κ3) is 6.06. The first-order chi connectivity index (χ1) is 15.3. The Balaban J connectivity index is 0.00000385. The van der Waals surface area contributed by atoms with Gasteiger partial charge in [0.15, 0.2) is 0 Å². The highest BCUT2D eigenvalue weighted by molar-refractivity contribution is 5.95. The molecule has 1 N–H and O–H groups in total. The first-order valence-corrected chi connectivity index (χ1v) is 10.1. The molecule has 0 aliphatic heterocycles. The van der Waals surface area contributed by atoms with Crippen LogP contribution in [0, 0.1) is 0 Å². The van der Waals surface area contributed by atoms with Gasteiger partial charge in [0.1, 0.15) is 6.04 Å². The normalized spacial score (nSPS) is 12.2. The number of ether oxygens (including phenoxy) is 2. The topological polar surface area (TPSA) is 69.6 Å². The van der Waals surface area contributed by atoms with Crippen molar-refractivity contribution in [1.29, 1.82) is 0 Å². The maximum absolute atomic E-state index is 13.0. The number of nitrogens with one attached hydrogen (secondary N) is 1. The predicted octanol–water partition coefficient (Wildman–Crippen LogP) is 5.48. The molecule has 0 amide bonds. The van der Waals surface area contributed by atoms with E-state index in [1.54, 1.807) is 38.1 Å². The van der Waals surface area contributed by atoms with Crippen molar-refractivity contribution in [3.63, 3.8) is 0 Å². The van der Waals surface area contributed by atoms with Gasteiger partial charge in [-0.15, -0.1) is 12.4 Å². The zero-order chi connectivity index (χ0) is 23.3. The van der Waals surface area contributed by atoms with Gasteiger partial charge in [-0.2, -0.15) is 13.2 Å². The van der Waals surface area contributed by atoms with Crippen LogP contribution in [-0.2, 0) is 27.0 Å². The van der Waals surface area contributed by atoms with E-state index in [4.69, 9.17) is 9.47 Å². The third-order valence-electron chi connectivity index (χ3n) is 4.81. The van der Waals surface area contributed by atoms with Crippen LogP contribution in [0.15, 0.2) is 54.7 Å². The second kappa shape index (κ2) is 11.2. The quantitative estimate of drug-likeness (QED) is 0.450. The monoisotopic (exact) mass is 484 g/mol.